The van der Waals surface area contributed by atoms with Crippen LogP contribution in [0.3, 0.4) is 0 Å². The molecule has 2 aromatic rings. The van der Waals surface area contributed by atoms with E-state index >= 15 is 0 Å². The normalized spacial score (nSPS) is 20.6. The minimum absolute atomic E-state index is 0.248. The molecule has 0 saturated heterocycles. The summed E-state index contributed by atoms with van der Waals surface area (Å²) in [5.74, 6) is -0.405. The van der Waals surface area contributed by atoms with E-state index in [0.29, 0.717) is 23.5 Å². The molecule has 1 aliphatic heterocycles. The molecule has 0 fully saturated rings. The van der Waals surface area contributed by atoms with Crippen molar-refractivity contribution in [1.29, 1.82) is 0 Å². The number of ether oxygens (including phenoxy) is 2. The maximum Gasteiger partial charge on any atom is 0.159 e. The predicted molar refractivity (Wildman–Crippen MR) is 74.3 cm³/mol. The number of fused-ring (bicyclic) bond motifs is 1. The van der Waals surface area contributed by atoms with Gasteiger partial charge in [0.2, 0.25) is 0 Å². The SMILES string of the molecule is COc1ccc2c(c1)[C@@H](N)CC(c1ccc(F)c(F)c1)O2. The average Bonchev–Trinajstić information content (AvgIpc) is 2.49. The van der Waals surface area contributed by atoms with Crippen LogP contribution in [0, 0.1) is 11.6 Å². The Morgan fingerprint density at radius 3 is 2.67 bits per heavy atom. The Hall–Kier alpha value is -2.14. The smallest absolute Gasteiger partial charge is 0.159 e. The molecule has 110 valence electrons. The van der Waals surface area contributed by atoms with Crippen LogP contribution in [0.2, 0.25) is 0 Å². The lowest BCUT2D eigenvalue weighted by molar-refractivity contribution is 0.160. The van der Waals surface area contributed by atoms with Crippen molar-refractivity contribution in [3.05, 3.63) is 59.2 Å². The zero-order valence-electron chi connectivity index (χ0n) is 11.5. The molecule has 0 spiro atoms. The molecule has 3 rings (SSSR count). The second-order valence-electron chi connectivity index (χ2n) is 5.03. The van der Waals surface area contributed by atoms with Crippen molar-refractivity contribution in [1.82, 2.24) is 0 Å². The monoisotopic (exact) mass is 291 g/mol. The lowest BCUT2D eigenvalue weighted by Gasteiger charge is -2.30. The van der Waals surface area contributed by atoms with E-state index < -0.39 is 17.7 Å². The fourth-order valence-electron chi connectivity index (χ4n) is 2.53. The number of methoxy groups -OCH3 is 1. The Morgan fingerprint density at radius 1 is 1.14 bits per heavy atom. The van der Waals surface area contributed by atoms with E-state index in [1.54, 1.807) is 19.2 Å². The quantitative estimate of drug-likeness (QED) is 0.921. The zero-order chi connectivity index (χ0) is 15.0. The maximum atomic E-state index is 13.3. The van der Waals surface area contributed by atoms with Crippen LogP contribution in [0.1, 0.15) is 29.7 Å². The third-order valence-corrected chi connectivity index (χ3v) is 3.67. The molecular weight excluding hydrogens is 276 g/mol. The van der Waals surface area contributed by atoms with Gasteiger partial charge in [0.05, 0.1) is 7.11 Å². The standard InChI is InChI=1S/C16H15F2NO2/c1-20-10-3-5-15-11(7-10)14(19)8-16(21-15)9-2-4-12(17)13(18)6-9/h2-7,14,16H,8,19H2,1H3/t14-,16?/m0/s1. The van der Waals surface area contributed by atoms with Gasteiger partial charge in [0.1, 0.15) is 17.6 Å². The van der Waals surface area contributed by atoms with Gasteiger partial charge in [-0.1, -0.05) is 6.07 Å². The van der Waals surface area contributed by atoms with Crippen LogP contribution in [-0.4, -0.2) is 7.11 Å². The zero-order valence-corrected chi connectivity index (χ0v) is 11.5. The van der Waals surface area contributed by atoms with Crippen LogP contribution >= 0.6 is 0 Å². The van der Waals surface area contributed by atoms with E-state index in [2.05, 4.69) is 0 Å². The van der Waals surface area contributed by atoms with E-state index in [4.69, 9.17) is 15.2 Å². The van der Waals surface area contributed by atoms with Gasteiger partial charge in [-0.2, -0.15) is 0 Å². The molecule has 0 bridgehead atoms. The van der Waals surface area contributed by atoms with E-state index in [-0.39, 0.29) is 6.04 Å². The van der Waals surface area contributed by atoms with E-state index in [1.165, 1.54) is 6.07 Å². The topological polar surface area (TPSA) is 44.5 Å². The molecule has 0 aromatic heterocycles. The van der Waals surface area contributed by atoms with Crippen LogP contribution in [0.25, 0.3) is 0 Å². The van der Waals surface area contributed by atoms with Gasteiger partial charge in [0.15, 0.2) is 11.6 Å². The summed E-state index contributed by atoms with van der Waals surface area (Å²) in [5, 5.41) is 0. The van der Waals surface area contributed by atoms with Crippen molar-refractivity contribution in [2.75, 3.05) is 7.11 Å². The van der Waals surface area contributed by atoms with Crippen LogP contribution in [0.4, 0.5) is 8.78 Å². The lowest BCUT2D eigenvalue weighted by Crippen LogP contribution is -2.24. The highest BCUT2D eigenvalue weighted by atomic mass is 19.2. The highest BCUT2D eigenvalue weighted by Crippen LogP contribution is 2.41. The van der Waals surface area contributed by atoms with Gasteiger partial charge in [0, 0.05) is 18.0 Å². The Bertz CT molecular complexity index is 675. The summed E-state index contributed by atoms with van der Waals surface area (Å²) in [6.07, 6.45) is 0.0987. The second-order valence-corrected chi connectivity index (χ2v) is 5.03. The Kier molecular flexibility index (Phi) is 3.51. The van der Waals surface area contributed by atoms with Crippen LogP contribution in [0.5, 0.6) is 11.5 Å². The molecule has 3 nitrogen and oxygen atoms in total. The summed E-state index contributed by atoms with van der Waals surface area (Å²) in [4.78, 5) is 0. The van der Waals surface area contributed by atoms with Gasteiger partial charge in [0.25, 0.3) is 0 Å². The number of rotatable bonds is 2. The first kappa shape index (κ1) is 13.8. The fraction of sp³-hybridized carbons (Fsp3) is 0.250. The predicted octanol–water partition coefficient (Wildman–Crippen LogP) is 3.50. The van der Waals surface area contributed by atoms with Crippen molar-refractivity contribution < 1.29 is 18.3 Å². The van der Waals surface area contributed by atoms with Gasteiger partial charge in [-0.3, -0.25) is 0 Å². The molecule has 5 heteroatoms. The molecule has 2 N–H and O–H groups in total. The number of halogens is 2. The highest BCUT2D eigenvalue weighted by molar-refractivity contribution is 5.44. The molecular formula is C16H15F2NO2. The van der Waals surface area contributed by atoms with Crippen molar-refractivity contribution >= 4 is 0 Å². The third kappa shape index (κ3) is 2.56. The number of hydrogen-bond acceptors (Lipinski definition) is 3. The molecule has 1 aliphatic rings. The highest BCUT2D eigenvalue weighted by Gasteiger charge is 2.28. The van der Waals surface area contributed by atoms with Gasteiger partial charge >= 0.3 is 0 Å². The minimum Gasteiger partial charge on any atom is -0.497 e. The van der Waals surface area contributed by atoms with Crippen LogP contribution < -0.4 is 15.2 Å². The Labute approximate surface area is 121 Å². The maximum absolute atomic E-state index is 13.3. The molecule has 0 saturated carbocycles. The molecule has 21 heavy (non-hydrogen) atoms. The van der Waals surface area contributed by atoms with Crippen molar-refractivity contribution in [2.45, 2.75) is 18.6 Å². The minimum atomic E-state index is -0.884. The van der Waals surface area contributed by atoms with Crippen molar-refractivity contribution in [2.24, 2.45) is 5.73 Å². The molecule has 1 unspecified atom stereocenters. The molecule has 2 atom stereocenters. The molecule has 2 aromatic carbocycles. The Balaban J connectivity index is 1.92. The van der Waals surface area contributed by atoms with Crippen LogP contribution in [0.15, 0.2) is 36.4 Å². The number of nitrogens with two attached hydrogens (primary N) is 1. The van der Waals surface area contributed by atoms with E-state index in [9.17, 15) is 8.78 Å². The average molecular weight is 291 g/mol. The van der Waals surface area contributed by atoms with Gasteiger partial charge < -0.3 is 15.2 Å². The summed E-state index contributed by atoms with van der Waals surface area (Å²) >= 11 is 0. The lowest BCUT2D eigenvalue weighted by atomic mass is 9.93. The van der Waals surface area contributed by atoms with Crippen LogP contribution in [-0.2, 0) is 0 Å². The van der Waals surface area contributed by atoms with Gasteiger partial charge in [-0.05, 0) is 35.9 Å². The first-order valence-electron chi connectivity index (χ1n) is 6.63. The second kappa shape index (κ2) is 5.33. The largest absolute Gasteiger partial charge is 0.497 e. The first-order chi connectivity index (χ1) is 10.1. The van der Waals surface area contributed by atoms with Gasteiger partial charge in [-0.15, -0.1) is 0 Å². The van der Waals surface area contributed by atoms with E-state index in [1.807, 2.05) is 6.07 Å². The molecule has 0 aliphatic carbocycles. The molecule has 1 heterocycles. The van der Waals surface area contributed by atoms with Crippen molar-refractivity contribution in [3.8, 4) is 11.5 Å². The Morgan fingerprint density at radius 2 is 1.95 bits per heavy atom. The summed E-state index contributed by atoms with van der Waals surface area (Å²) < 4.78 is 37.4. The molecule has 0 amide bonds. The number of hydrogen-bond donors (Lipinski definition) is 1. The van der Waals surface area contributed by atoms with Gasteiger partial charge in [-0.25, -0.2) is 8.78 Å². The third-order valence-electron chi connectivity index (χ3n) is 3.67. The summed E-state index contributed by atoms with van der Waals surface area (Å²) in [7, 11) is 1.58. The first-order valence-corrected chi connectivity index (χ1v) is 6.63. The number of benzene rings is 2. The van der Waals surface area contributed by atoms with Crippen molar-refractivity contribution in [3.63, 3.8) is 0 Å². The molecule has 0 radical (unpaired) electrons. The fourth-order valence-corrected chi connectivity index (χ4v) is 2.53. The van der Waals surface area contributed by atoms with E-state index in [0.717, 1.165) is 17.7 Å². The summed E-state index contributed by atoms with van der Waals surface area (Å²) in [6.45, 7) is 0. The summed E-state index contributed by atoms with van der Waals surface area (Å²) in [6, 6.07) is 8.91. The summed E-state index contributed by atoms with van der Waals surface area (Å²) in [5.41, 5.74) is 7.59.